The van der Waals surface area contributed by atoms with E-state index in [1.807, 2.05) is 11.3 Å². The monoisotopic (exact) mass is 267 g/mol. The van der Waals surface area contributed by atoms with Crippen molar-refractivity contribution in [1.82, 2.24) is 10.3 Å². The molecule has 18 heavy (non-hydrogen) atoms. The largest absolute Gasteiger partial charge is 0.348 e. The van der Waals surface area contributed by atoms with Gasteiger partial charge in [0.15, 0.2) is 5.13 Å². The Morgan fingerprint density at radius 1 is 1.50 bits per heavy atom. The molecular formula is C14H25N3S. The molecule has 0 saturated heterocycles. The van der Waals surface area contributed by atoms with Crippen molar-refractivity contribution >= 4 is 16.5 Å². The van der Waals surface area contributed by atoms with Gasteiger partial charge in [0.1, 0.15) is 0 Å². The first-order chi connectivity index (χ1) is 8.63. The van der Waals surface area contributed by atoms with E-state index in [4.69, 9.17) is 4.98 Å². The maximum Gasteiger partial charge on any atom is 0.185 e. The molecule has 102 valence electrons. The van der Waals surface area contributed by atoms with Crippen LogP contribution in [-0.2, 0) is 0 Å². The van der Waals surface area contributed by atoms with Crippen LogP contribution in [0.25, 0.3) is 0 Å². The van der Waals surface area contributed by atoms with Gasteiger partial charge in [0.05, 0.1) is 5.69 Å². The second-order valence-electron chi connectivity index (χ2n) is 5.32. The second-order valence-corrected chi connectivity index (χ2v) is 6.33. The number of nitrogens with zero attached hydrogens (tertiary/aromatic N) is 2. The molecule has 1 saturated carbocycles. The van der Waals surface area contributed by atoms with Gasteiger partial charge in [0, 0.05) is 24.0 Å². The molecule has 0 bridgehead atoms. The van der Waals surface area contributed by atoms with Gasteiger partial charge in [-0.1, -0.05) is 6.92 Å². The highest BCUT2D eigenvalue weighted by atomic mass is 32.1. The third-order valence-electron chi connectivity index (χ3n) is 3.84. The van der Waals surface area contributed by atoms with E-state index < -0.39 is 0 Å². The minimum Gasteiger partial charge on any atom is -0.348 e. The molecule has 1 unspecified atom stereocenters. The summed E-state index contributed by atoms with van der Waals surface area (Å²) in [5.74, 6) is 0. The van der Waals surface area contributed by atoms with Gasteiger partial charge in [-0.15, -0.1) is 11.3 Å². The van der Waals surface area contributed by atoms with Crippen LogP contribution in [0.2, 0.25) is 0 Å². The van der Waals surface area contributed by atoms with Crippen molar-refractivity contribution in [1.29, 1.82) is 0 Å². The Hall–Kier alpha value is -0.610. The van der Waals surface area contributed by atoms with Crippen LogP contribution < -0.4 is 10.2 Å². The van der Waals surface area contributed by atoms with Crippen LogP contribution in [0.1, 0.15) is 56.1 Å². The normalized spacial score (nSPS) is 17.6. The number of aryl methyl sites for hydroxylation is 1. The van der Waals surface area contributed by atoms with Crippen molar-refractivity contribution in [3.63, 3.8) is 0 Å². The maximum absolute atomic E-state index is 4.75. The van der Waals surface area contributed by atoms with Crippen LogP contribution in [0.5, 0.6) is 0 Å². The Morgan fingerprint density at radius 2 is 2.22 bits per heavy atom. The van der Waals surface area contributed by atoms with Crippen molar-refractivity contribution < 1.29 is 0 Å². The molecule has 1 N–H and O–H groups in total. The lowest BCUT2D eigenvalue weighted by Gasteiger charge is -2.34. The SMILES string of the molecule is CCCNC(C)c1sc(N(C)C2CCC2)nc1C. The van der Waals surface area contributed by atoms with Gasteiger partial charge >= 0.3 is 0 Å². The van der Waals surface area contributed by atoms with Gasteiger partial charge in [-0.05, 0) is 46.1 Å². The van der Waals surface area contributed by atoms with E-state index in [2.05, 4.69) is 38.0 Å². The summed E-state index contributed by atoms with van der Waals surface area (Å²) in [7, 11) is 2.19. The fraction of sp³-hybridized carbons (Fsp3) is 0.786. The van der Waals surface area contributed by atoms with Crippen LogP contribution in [0.4, 0.5) is 5.13 Å². The average molecular weight is 267 g/mol. The third-order valence-corrected chi connectivity index (χ3v) is 5.27. The lowest BCUT2D eigenvalue weighted by atomic mass is 9.92. The predicted molar refractivity (Wildman–Crippen MR) is 79.6 cm³/mol. The van der Waals surface area contributed by atoms with E-state index in [-0.39, 0.29) is 0 Å². The van der Waals surface area contributed by atoms with Gasteiger partial charge < -0.3 is 10.2 Å². The van der Waals surface area contributed by atoms with E-state index in [1.165, 1.54) is 41.4 Å². The molecule has 1 fully saturated rings. The lowest BCUT2D eigenvalue weighted by Crippen LogP contribution is -2.36. The molecule has 1 atom stereocenters. The van der Waals surface area contributed by atoms with Crippen LogP contribution in [0.3, 0.4) is 0 Å². The molecule has 4 heteroatoms. The van der Waals surface area contributed by atoms with Gasteiger partial charge in [-0.25, -0.2) is 4.98 Å². The summed E-state index contributed by atoms with van der Waals surface area (Å²) in [6, 6.07) is 1.15. The zero-order chi connectivity index (χ0) is 13.1. The molecule has 0 radical (unpaired) electrons. The molecule has 0 amide bonds. The van der Waals surface area contributed by atoms with E-state index in [0.717, 1.165) is 12.6 Å². The molecule has 3 nitrogen and oxygen atoms in total. The van der Waals surface area contributed by atoms with Crippen molar-refractivity contribution in [2.75, 3.05) is 18.5 Å². The maximum atomic E-state index is 4.75. The van der Waals surface area contributed by atoms with Crippen molar-refractivity contribution in [2.24, 2.45) is 0 Å². The highest BCUT2D eigenvalue weighted by Crippen LogP contribution is 2.34. The standard InChI is InChI=1S/C14H25N3S/c1-5-9-15-10(2)13-11(3)16-14(18-13)17(4)12-7-6-8-12/h10,12,15H,5-9H2,1-4H3. The summed E-state index contributed by atoms with van der Waals surface area (Å²) in [6.07, 6.45) is 5.21. The number of nitrogens with one attached hydrogen (secondary N) is 1. The Kier molecular flexibility index (Phi) is 4.62. The van der Waals surface area contributed by atoms with E-state index >= 15 is 0 Å². The lowest BCUT2D eigenvalue weighted by molar-refractivity contribution is 0.401. The van der Waals surface area contributed by atoms with Crippen molar-refractivity contribution in [3.8, 4) is 0 Å². The number of anilines is 1. The quantitative estimate of drug-likeness (QED) is 0.855. The minimum atomic E-state index is 0.422. The molecule has 1 aliphatic rings. The summed E-state index contributed by atoms with van der Waals surface area (Å²) in [6.45, 7) is 7.65. The molecule has 1 aliphatic carbocycles. The number of aromatic nitrogens is 1. The summed E-state index contributed by atoms with van der Waals surface area (Å²) < 4.78 is 0. The minimum absolute atomic E-state index is 0.422. The van der Waals surface area contributed by atoms with Gasteiger partial charge in [-0.2, -0.15) is 0 Å². The van der Waals surface area contributed by atoms with Crippen LogP contribution in [-0.4, -0.2) is 24.6 Å². The Morgan fingerprint density at radius 3 is 2.78 bits per heavy atom. The van der Waals surface area contributed by atoms with Crippen LogP contribution in [0.15, 0.2) is 0 Å². The summed E-state index contributed by atoms with van der Waals surface area (Å²) in [4.78, 5) is 8.51. The molecule has 0 aliphatic heterocycles. The van der Waals surface area contributed by atoms with Crippen LogP contribution >= 0.6 is 11.3 Å². The van der Waals surface area contributed by atoms with Crippen LogP contribution in [0, 0.1) is 6.92 Å². The summed E-state index contributed by atoms with van der Waals surface area (Å²) >= 11 is 1.86. The first-order valence-corrected chi connectivity index (χ1v) is 7.88. The van der Waals surface area contributed by atoms with E-state index in [1.54, 1.807) is 0 Å². The molecule has 2 rings (SSSR count). The first-order valence-electron chi connectivity index (χ1n) is 7.07. The third kappa shape index (κ3) is 2.86. The molecule has 0 spiro atoms. The smallest absolute Gasteiger partial charge is 0.185 e. The van der Waals surface area contributed by atoms with Crippen molar-refractivity contribution in [3.05, 3.63) is 10.6 Å². The molecular weight excluding hydrogens is 242 g/mol. The Bertz CT molecular complexity index is 384. The molecule has 0 aromatic carbocycles. The predicted octanol–water partition coefficient (Wildman–Crippen LogP) is 3.50. The fourth-order valence-electron chi connectivity index (χ4n) is 2.33. The number of hydrogen-bond acceptors (Lipinski definition) is 4. The Labute approximate surface area is 115 Å². The second kappa shape index (κ2) is 6.02. The van der Waals surface area contributed by atoms with E-state index in [9.17, 15) is 0 Å². The van der Waals surface area contributed by atoms with Gasteiger partial charge in [0.25, 0.3) is 0 Å². The summed E-state index contributed by atoms with van der Waals surface area (Å²) in [5, 5.41) is 4.74. The highest BCUT2D eigenvalue weighted by molar-refractivity contribution is 7.15. The zero-order valence-electron chi connectivity index (χ0n) is 12.0. The van der Waals surface area contributed by atoms with Gasteiger partial charge in [-0.3, -0.25) is 0 Å². The number of hydrogen-bond donors (Lipinski definition) is 1. The first kappa shape index (κ1) is 13.8. The molecule has 1 heterocycles. The Balaban J connectivity index is 2.05. The van der Waals surface area contributed by atoms with Crippen molar-refractivity contribution in [2.45, 2.75) is 58.5 Å². The average Bonchev–Trinajstić information content (AvgIpc) is 2.66. The summed E-state index contributed by atoms with van der Waals surface area (Å²) in [5.41, 5.74) is 1.19. The fourth-order valence-corrected chi connectivity index (χ4v) is 3.46. The molecule has 1 aromatic heterocycles. The highest BCUT2D eigenvalue weighted by Gasteiger charge is 2.25. The number of thiazole rings is 1. The topological polar surface area (TPSA) is 28.2 Å². The van der Waals surface area contributed by atoms with Gasteiger partial charge in [0.2, 0.25) is 0 Å². The van der Waals surface area contributed by atoms with E-state index in [0.29, 0.717) is 6.04 Å². The zero-order valence-corrected chi connectivity index (χ0v) is 12.8. The molecule has 1 aromatic rings. The number of rotatable bonds is 6.